The summed E-state index contributed by atoms with van der Waals surface area (Å²) in [5.41, 5.74) is 1.63. The van der Waals surface area contributed by atoms with Gasteiger partial charge in [-0.05, 0) is 60.8 Å². The van der Waals surface area contributed by atoms with Gasteiger partial charge in [-0.25, -0.2) is 14.0 Å². The summed E-state index contributed by atoms with van der Waals surface area (Å²) in [6.07, 6.45) is -0.505. The summed E-state index contributed by atoms with van der Waals surface area (Å²) in [6.45, 7) is 3.93. The number of benzene rings is 4. The molecule has 0 saturated heterocycles. The fraction of sp³-hybridized carbons (Fsp3) is 0.265. The molecular formula is C34H36FN5O5. The van der Waals surface area contributed by atoms with Crippen LogP contribution in [0, 0.1) is 11.7 Å². The number of aliphatic hydroxyl groups is 1. The number of amides is 5. The average molecular weight is 614 g/mol. The van der Waals surface area contributed by atoms with Gasteiger partial charge < -0.3 is 35.6 Å². The Kier molecular flexibility index (Phi) is 9.48. The van der Waals surface area contributed by atoms with Gasteiger partial charge in [-0.1, -0.05) is 43.3 Å². The molecule has 0 fully saturated rings. The lowest BCUT2D eigenvalue weighted by Crippen LogP contribution is -2.50. The molecule has 5 rings (SSSR count). The Morgan fingerprint density at radius 3 is 2.44 bits per heavy atom. The molecule has 10 nitrogen and oxygen atoms in total. The van der Waals surface area contributed by atoms with Crippen LogP contribution in [0.2, 0.25) is 0 Å². The number of fused-ring (bicyclic) bond motifs is 2. The average Bonchev–Trinajstić information content (AvgIpc) is 3.03. The maximum atomic E-state index is 13.7. The normalized spacial score (nSPS) is 16.9. The molecule has 0 aromatic heterocycles. The number of halogens is 1. The second kappa shape index (κ2) is 13.6. The van der Waals surface area contributed by atoms with E-state index in [4.69, 9.17) is 4.74 Å². The van der Waals surface area contributed by atoms with Crippen molar-refractivity contribution >= 4 is 45.8 Å². The number of likely N-dealkylation sites (N-methyl/N-ethyl adjacent to an activating group) is 1. The number of carbonyl (C=O) groups excluding carboxylic acids is 3. The van der Waals surface area contributed by atoms with E-state index in [2.05, 4.69) is 16.0 Å². The summed E-state index contributed by atoms with van der Waals surface area (Å²) in [5, 5.41) is 20.2. The maximum absolute atomic E-state index is 13.7. The number of ether oxygens (including phenoxy) is 1. The quantitative estimate of drug-likeness (QED) is 0.203. The summed E-state index contributed by atoms with van der Waals surface area (Å²) >= 11 is 0. The zero-order chi connectivity index (χ0) is 32.1. The van der Waals surface area contributed by atoms with Crippen LogP contribution in [0.25, 0.3) is 10.8 Å². The number of hydrogen-bond acceptors (Lipinski definition) is 5. The minimum absolute atomic E-state index is 0.203. The smallest absolute Gasteiger partial charge is 0.323 e. The predicted molar refractivity (Wildman–Crippen MR) is 172 cm³/mol. The van der Waals surface area contributed by atoms with Crippen molar-refractivity contribution in [1.29, 1.82) is 0 Å². The largest absolute Gasteiger partial charge is 0.487 e. The predicted octanol–water partition coefficient (Wildman–Crippen LogP) is 6.01. The molecule has 4 N–H and O–H groups in total. The number of carbonyl (C=O) groups is 3. The topological polar surface area (TPSA) is 123 Å². The highest BCUT2D eigenvalue weighted by atomic mass is 19.1. The highest BCUT2D eigenvalue weighted by molar-refractivity contribution is 6.03. The van der Waals surface area contributed by atoms with Crippen molar-refractivity contribution in [3.8, 4) is 5.75 Å². The first-order valence-corrected chi connectivity index (χ1v) is 14.7. The van der Waals surface area contributed by atoms with E-state index in [0.717, 1.165) is 10.8 Å². The van der Waals surface area contributed by atoms with Gasteiger partial charge in [0.15, 0.2) is 0 Å². The molecular weight excluding hydrogens is 577 g/mol. The van der Waals surface area contributed by atoms with Crippen molar-refractivity contribution in [2.24, 2.45) is 5.92 Å². The molecule has 1 aliphatic heterocycles. The fourth-order valence-corrected chi connectivity index (χ4v) is 5.24. The fourth-order valence-electron chi connectivity index (χ4n) is 5.24. The Bertz CT molecular complexity index is 1690. The van der Waals surface area contributed by atoms with Crippen LogP contribution in [0.3, 0.4) is 0 Å². The molecule has 0 radical (unpaired) electrons. The van der Waals surface area contributed by atoms with Gasteiger partial charge in [0.25, 0.3) is 5.91 Å². The van der Waals surface area contributed by atoms with Crippen LogP contribution in [0.15, 0.2) is 84.9 Å². The van der Waals surface area contributed by atoms with E-state index in [-0.39, 0.29) is 43.1 Å². The van der Waals surface area contributed by atoms with Crippen molar-refractivity contribution in [3.63, 3.8) is 0 Å². The third kappa shape index (κ3) is 7.32. The van der Waals surface area contributed by atoms with Crippen LogP contribution in [-0.4, -0.2) is 71.8 Å². The van der Waals surface area contributed by atoms with Gasteiger partial charge in [0.05, 0.1) is 30.4 Å². The van der Waals surface area contributed by atoms with Crippen molar-refractivity contribution < 1.29 is 28.6 Å². The van der Waals surface area contributed by atoms with Gasteiger partial charge in [-0.15, -0.1) is 0 Å². The number of rotatable bonds is 7. The molecule has 234 valence electrons. The number of nitrogens with zero attached hydrogens (tertiary/aromatic N) is 2. The number of hydrogen-bond donors (Lipinski definition) is 4. The summed E-state index contributed by atoms with van der Waals surface area (Å²) in [6, 6.07) is 22.2. The minimum atomic E-state index is -0.577. The Morgan fingerprint density at radius 1 is 1.00 bits per heavy atom. The van der Waals surface area contributed by atoms with Crippen LogP contribution in [-0.2, 0) is 0 Å². The van der Waals surface area contributed by atoms with Crippen LogP contribution in [0.5, 0.6) is 5.75 Å². The van der Waals surface area contributed by atoms with E-state index in [1.54, 1.807) is 35.9 Å². The SMILES string of the molecule is C[C@@H]1CN([C@@H](C)CO)C(=O)c2cc(NC(=O)Nc3ccc(F)cc3)ccc2O[C@@H]1CN(C)C(=O)Nc1cccc2ccccc12. The molecule has 0 saturated carbocycles. The third-order valence-electron chi connectivity index (χ3n) is 7.86. The Balaban J connectivity index is 1.35. The molecule has 11 heteroatoms. The summed E-state index contributed by atoms with van der Waals surface area (Å²) in [4.78, 5) is 42.8. The van der Waals surface area contributed by atoms with E-state index in [0.29, 0.717) is 22.8 Å². The van der Waals surface area contributed by atoms with E-state index in [1.165, 1.54) is 30.3 Å². The van der Waals surface area contributed by atoms with Crippen LogP contribution < -0.4 is 20.7 Å². The van der Waals surface area contributed by atoms with Gasteiger partial charge in [0.1, 0.15) is 17.7 Å². The molecule has 0 bridgehead atoms. The molecule has 1 heterocycles. The zero-order valence-electron chi connectivity index (χ0n) is 25.3. The van der Waals surface area contributed by atoms with E-state index in [9.17, 15) is 23.9 Å². The first-order valence-electron chi connectivity index (χ1n) is 14.7. The summed E-state index contributed by atoms with van der Waals surface area (Å²) < 4.78 is 19.6. The molecule has 1 aliphatic rings. The maximum Gasteiger partial charge on any atom is 0.323 e. The standard InChI is InChI=1S/C34H36FN5O5/c1-21-18-40(22(2)20-41)32(42)28-17-26(37-33(43)36-25-13-11-24(35)12-14-25)15-16-30(28)45-31(21)19-39(3)34(44)38-29-10-6-8-23-7-4-5-9-27(23)29/h4-17,21-22,31,41H,18-20H2,1-3H3,(H,38,44)(H2,36,37,43)/t21-,22+,31-/m1/s1. The molecule has 0 unspecified atom stereocenters. The van der Waals surface area contributed by atoms with Gasteiger partial charge in [0, 0.05) is 36.3 Å². The Hall–Kier alpha value is -5.16. The summed E-state index contributed by atoms with van der Waals surface area (Å²) in [7, 11) is 1.68. The molecule has 4 aromatic rings. The van der Waals surface area contributed by atoms with Gasteiger partial charge in [0.2, 0.25) is 0 Å². The van der Waals surface area contributed by atoms with Crippen molar-refractivity contribution in [3.05, 3.63) is 96.3 Å². The molecule has 0 spiro atoms. The highest BCUT2D eigenvalue weighted by Gasteiger charge is 2.34. The first-order chi connectivity index (χ1) is 21.6. The van der Waals surface area contributed by atoms with Gasteiger partial charge in [-0.2, -0.15) is 0 Å². The van der Waals surface area contributed by atoms with Crippen molar-refractivity contribution in [2.75, 3.05) is 42.7 Å². The molecule has 5 amide bonds. The lowest BCUT2D eigenvalue weighted by atomic mass is 9.99. The molecule has 45 heavy (non-hydrogen) atoms. The van der Waals surface area contributed by atoms with E-state index >= 15 is 0 Å². The number of aliphatic hydroxyl groups excluding tert-OH is 1. The van der Waals surface area contributed by atoms with Crippen LogP contribution in [0.1, 0.15) is 24.2 Å². The lowest BCUT2D eigenvalue weighted by molar-refractivity contribution is 0.0371. The number of urea groups is 2. The van der Waals surface area contributed by atoms with Crippen molar-refractivity contribution in [2.45, 2.75) is 26.0 Å². The van der Waals surface area contributed by atoms with E-state index in [1.807, 2.05) is 49.4 Å². The number of nitrogens with one attached hydrogen (secondary N) is 3. The summed E-state index contributed by atoms with van der Waals surface area (Å²) in [5.74, 6) is -0.698. The van der Waals surface area contributed by atoms with Crippen molar-refractivity contribution in [1.82, 2.24) is 9.80 Å². The highest BCUT2D eigenvalue weighted by Crippen LogP contribution is 2.31. The van der Waals surface area contributed by atoms with Crippen LogP contribution >= 0.6 is 0 Å². The van der Waals surface area contributed by atoms with Crippen LogP contribution in [0.4, 0.5) is 31.0 Å². The van der Waals surface area contributed by atoms with E-state index < -0.39 is 24.0 Å². The van der Waals surface area contributed by atoms with Gasteiger partial charge >= 0.3 is 12.1 Å². The molecule has 4 aromatic carbocycles. The molecule has 0 aliphatic carbocycles. The number of anilines is 3. The Labute approximate surface area is 260 Å². The minimum Gasteiger partial charge on any atom is -0.487 e. The third-order valence-corrected chi connectivity index (χ3v) is 7.86. The molecule has 3 atom stereocenters. The van der Waals surface area contributed by atoms with Gasteiger partial charge in [-0.3, -0.25) is 4.79 Å². The lowest BCUT2D eigenvalue weighted by Gasteiger charge is -2.38. The monoisotopic (exact) mass is 613 g/mol. The second-order valence-electron chi connectivity index (χ2n) is 11.3. The Morgan fingerprint density at radius 2 is 1.69 bits per heavy atom. The first kappa shape index (κ1) is 31.3. The zero-order valence-corrected chi connectivity index (χ0v) is 25.3. The second-order valence-corrected chi connectivity index (χ2v) is 11.3.